The molecule has 3 N–H and O–H groups in total. The Hall–Kier alpha value is -4.99. The summed E-state index contributed by atoms with van der Waals surface area (Å²) in [7, 11) is 4.72. The third-order valence-electron chi connectivity index (χ3n) is 8.67. The molecule has 248 valence electrons. The molecule has 0 radical (unpaired) electrons. The molecule has 10 heteroatoms. The topological polar surface area (TPSA) is 120 Å². The fraction of sp³-hybridized carbons (Fsp3) is 0.378. The van der Waals surface area contributed by atoms with Gasteiger partial charge in [0.15, 0.2) is 11.5 Å². The first-order chi connectivity index (χ1) is 22.8. The Morgan fingerprint density at radius 3 is 2.49 bits per heavy atom. The van der Waals surface area contributed by atoms with Crippen LogP contribution in [0.15, 0.2) is 65.6 Å². The average molecular weight is 641 g/mol. The second-order valence-electron chi connectivity index (χ2n) is 11.8. The minimum Gasteiger partial charge on any atom is -0.493 e. The number of methoxy groups -OCH3 is 3. The number of nitrogens with one attached hydrogen (secondary N) is 3. The van der Waals surface area contributed by atoms with Crippen LogP contribution in [-0.4, -0.2) is 50.8 Å². The van der Waals surface area contributed by atoms with E-state index < -0.39 is 0 Å². The smallest absolute Gasteiger partial charge is 0.220 e. The molecular formula is C37H44N4O6. The minimum atomic E-state index is -0.363. The van der Waals surface area contributed by atoms with Gasteiger partial charge in [0, 0.05) is 50.3 Å². The number of unbranched alkanes of at least 4 members (excludes halogenated alkanes) is 2. The molecule has 1 atom stereocenters. The Balaban J connectivity index is 1.21. The van der Waals surface area contributed by atoms with Gasteiger partial charge in [0.1, 0.15) is 0 Å². The zero-order valence-corrected chi connectivity index (χ0v) is 27.6. The number of amides is 2. The minimum absolute atomic E-state index is 0.0477. The summed E-state index contributed by atoms with van der Waals surface area (Å²) in [6.45, 7) is 3.38. The van der Waals surface area contributed by atoms with Crippen molar-refractivity contribution in [2.24, 2.45) is 0 Å². The monoisotopic (exact) mass is 640 g/mol. The highest BCUT2D eigenvalue weighted by Gasteiger charge is 2.29. The van der Waals surface area contributed by atoms with Crippen LogP contribution in [0, 0.1) is 0 Å². The van der Waals surface area contributed by atoms with Gasteiger partial charge in [-0.1, -0.05) is 30.7 Å². The predicted molar refractivity (Wildman–Crippen MR) is 185 cm³/mol. The lowest BCUT2D eigenvalue weighted by molar-refractivity contribution is -0.121. The van der Waals surface area contributed by atoms with Gasteiger partial charge in [0.05, 0.1) is 33.1 Å². The molecule has 0 spiro atoms. The molecule has 1 heterocycles. The van der Waals surface area contributed by atoms with E-state index in [1.54, 1.807) is 33.5 Å². The van der Waals surface area contributed by atoms with Crippen LogP contribution in [0.4, 0.5) is 5.69 Å². The van der Waals surface area contributed by atoms with Crippen molar-refractivity contribution in [1.82, 2.24) is 15.2 Å². The van der Waals surface area contributed by atoms with Crippen LogP contribution in [-0.2, 0) is 22.6 Å². The number of para-hydroxylation sites is 1. The Morgan fingerprint density at radius 1 is 0.915 bits per heavy atom. The van der Waals surface area contributed by atoms with Crippen molar-refractivity contribution in [1.29, 1.82) is 0 Å². The summed E-state index contributed by atoms with van der Waals surface area (Å²) in [5.41, 5.74) is 4.76. The first-order valence-electron chi connectivity index (χ1n) is 16.2. The molecule has 3 aromatic carbocycles. The molecule has 1 aliphatic carbocycles. The molecular weight excluding hydrogens is 596 g/mol. The molecule has 0 aliphatic heterocycles. The van der Waals surface area contributed by atoms with Crippen LogP contribution in [0.3, 0.4) is 0 Å². The fourth-order valence-electron chi connectivity index (χ4n) is 6.40. The van der Waals surface area contributed by atoms with Crippen molar-refractivity contribution in [3.05, 3.63) is 82.1 Å². The number of ether oxygens (including phenoxy) is 3. The highest BCUT2D eigenvalue weighted by Crippen LogP contribution is 2.50. The van der Waals surface area contributed by atoms with Crippen LogP contribution in [0.5, 0.6) is 17.2 Å². The van der Waals surface area contributed by atoms with Crippen LogP contribution < -0.4 is 35.6 Å². The van der Waals surface area contributed by atoms with Crippen molar-refractivity contribution in [3.8, 4) is 28.4 Å². The number of carbonyl (C=O) groups excluding carboxylic acids is 2. The molecule has 5 rings (SSSR count). The van der Waals surface area contributed by atoms with Gasteiger partial charge in [-0.2, -0.15) is 0 Å². The van der Waals surface area contributed by atoms with Gasteiger partial charge in [-0.15, -0.1) is 0 Å². The second-order valence-corrected chi connectivity index (χ2v) is 11.8. The van der Waals surface area contributed by atoms with Gasteiger partial charge < -0.3 is 34.7 Å². The molecule has 1 aromatic heterocycles. The first kappa shape index (κ1) is 33.4. The second kappa shape index (κ2) is 15.5. The van der Waals surface area contributed by atoms with E-state index in [1.807, 2.05) is 30.5 Å². The van der Waals surface area contributed by atoms with E-state index in [1.165, 1.54) is 12.3 Å². The van der Waals surface area contributed by atoms with E-state index in [-0.39, 0.29) is 23.3 Å². The van der Waals surface area contributed by atoms with Crippen molar-refractivity contribution >= 4 is 28.4 Å². The van der Waals surface area contributed by atoms with Gasteiger partial charge in [-0.05, 0) is 78.1 Å². The Labute approximate surface area is 275 Å². The maximum atomic E-state index is 13.5. The summed E-state index contributed by atoms with van der Waals surface area (Å²) < 4.78 is 19.3. The number of aryl methyl sites for hydroxylation is 1. The normalized spacial score (nSPS) is 13.6. The number of aromatic nitrogens is 1. The zero-order valence-electron chi connectivity index (χ0n) is 27.6. The number of benzene rings is 2. The summed E-state index contributed by atoms with van der Waals surface area (Å²) in [6, 6.07) is 17.2. The number of carbonyl (C=O) groups is 2. The van der Waals surface area contributed by atoms with Crippen molar-refractivity contribution in [3.63, 3.8) is 0 Å². The molecule has 0 unspecified atom stereocenters. The number of fused-ring (bicyclic) bond motifs is 4. The summed E-state index contributed by atoms with van der Waals surface area (Å²) in [4.78, 5) is 38.1. The zero-order chi connectivity index (χ0) is 33.3. The molecule has 0 saturated carbocycles. The molecule has 4 aromatic rings. The fourth-order valence-corrected chi connectivity index (χ4v) is 6.40. The van der Waals surface area contributed by atoms with Gasteiger partial charge in [-0.3, -0.25) is 14.4 Å². The molecule has 47 heavy (non-hydrogen) atoms. The summed E-state index contributed by atoms with van der Waals surface area (Å²) in [5.74, 6) is 1.41. The lowest BCUT2D eigenvalue weighted by Gasteiger charge is -2.19. The van der Waals surface area contributed by atoms with E-state index in [0.717, 1.165) is 53.6 Å². The van der Waals surface area contributed by atoms with E-state index >= 15 is 0 Å². The maximum absolute atomic E-state index is 13.5. The highest BCUT2D eigenvalue weighted by atomic mass is 16.5. The first-order valence-corrected chi connectivity index (χ1v) is 16.2. The van der Waals surface area contributed by atoms with Crippen molar-refractivity contribution in [2.75, 3.05) is 39.7 Å². The molecule has 0 fully saturated rings. The summed E-state index contributed by atoms with van der Waals surface area (Å²) in [6.07, 6.45) is 6.17. The van der Waals surface area contributed by atoms with Crippen molar-refractivity contribution in [2.45, 2.75) is 58.0 Å². The van der Waals surface area contributed by atoms with E-state index in [0.29, 0.717) is 55.3 Å². The van der Waals surface area contributed by atoms with E-state index in [4.69, 9.17) is 14.2 Å². The van der Waals surface area contributed by atoms with Crippen LogP contribution in [0.1, 0.15) is 56.2 Å². The largest absolute Gasteiger partial charge is 0.493 e. The van der Waals surface area contributed by atoms with Crippen molar-refractivity contribution < 1.29 is 23.8 Å². The van der Waals surface area contributed by atoms with Gasteiger partial charge in [-0.25, -0.2) is 0 Å². The maximum Gasteiger partial charge on any atom is 0.220 e. The standard InChI is InChI=1S/C37H44N4O6/c1-24(42)40-29-15-13-26-22-33(45-2)36(46-3)37(47-4)35(26)27-14-16-30(32(43)23-28(27)29)38-18-9-5-6-12-34(44)39-19-21-41-20-17-25-10-7-8-11-31(25)41/h7-8,10-11,14,16-17,20,22-23,29H,5-6,9,12-13,15,18-19,21H2,1-4H3,(H,38,43)(H,39,44)(H,40,42)/t29-/m1/s1. The molecule has 0 saturated heterocycles. The van der Waals surface area contributed by atoms with E-state index in [9.17, 15) is 14.4 Å². The van der Waals surface area contributed by atoms with Crippen LogP contribution >= 0.6 is 0 Å². The molecule has 10 nitrogen and oxygen atoms in total. The number of nitrogens with zero attached hydrogens (tertiary/aromatic N) is 1. The van der Waals surface area contributed by atoms with Gasteiger partial charge in [0.2, 0.25) is 23.0 Å². The average Bonchev–Trinajstić information content (AvgIpc) is 3.33. The lowest BCUT2D eigenvalue weighted by atomic mass is 9.95. The van der Waals surface area contributed by atoms with Gasteiger partial charge in [0.25, 0.3) is 0 Å². The molecule has 2 amide bonds. The summed E-state index contributed by atoms with van der Waals surface area (Å²) >= 11 is 0. The predicted octanol–water partition coefficient (Wildman–Crippen LogP) is 5.61. The van der Waals surface area contributed by atoms with Gasteiger partial charge >= 0.3 is 0 Å². The van der Waals surface area contributed by atoms with E-state index in [2.05, 4.69) is 38.7 Å². The number of rotatable bonds is 14. The number of hydrogen-bond acceptors (Lipinski definition) is 7. The quantitative estimate of drug-likeness (QED) is 0.153. The number of anilines is 1. The SMILES string of the molecule is COc1cc2c(c(OC)c1OC)-c1ccc(NCCCCCC(=O)NCCn3ccc4ccccc43)c(=O)cc1[C@H](NC(C)=O)CC2. The number of hydrogen-bond donors (Lipinski definition) is 3. The lowest BCUT2D eigenvalue weighted by Crippen LogP contribution is -2.26. The van der Waals surface area contributed by atoms with Crippen LogP contribution in [0.25, 0.3) is 22.0 Å². The Bertz CT molecular complexity index is 1800. The Kier molecular flexibility index (Phi) is 11.0. The summed E-state index contributed by atoms with van der Waals surface area (Å²) in [5, 5.41) is 10.5. The Morgan fingerprint density at radius 2 is 1.72 bits per heavy atom. The molecule has 1 aliphatic rings. The third-order valence-corrected chi connectivity index (χ3v) is 8.67. The molecule has 0 bridgehead atoms. The van der Waals surface area contributed by atoms with Crippen LogP contribution in [0.2, 0.25) is 0 Å². The third kappa shape index (κ3) is 7.70. The highest BCUT2D eigenvalue weighted by molar-refractivity contribution is 5.84.